The second kappa shape index (κ2) is 9.74. The summed E-state index contributed by atoms with van der Waals surface area (Å²) in [5.41, 5.74) is 3.88. The van der Waals surface area contributed by atoms with Crippen molar-refractivity contribution < 1.29 is 9.53 Å². The summed E-state index contributed by atoms with van der Waals surface area (Å²) in [4.78, 5) is 17.9. The molecule has 0 aliphatic carbocycles. The number of benzene rings is 2. The van der Waals surface area contributed by atoms with Crippen molar-refractivity contribution in [2.45, 2.75) is 33.6 Å². The molecule has 152 valence electrons. The van der Waals surface area contributed by atoms with Gasteiger partial charge in [0.2, 0.25) is 5.91 Å². The molecule has 1 heterocycles. The number of amides is 1. The number of carbonyl (C=O) groups is 1. The van der Waals surface area contributed by atoms with Crippen LogP contribution in [0.25, 0.3) is 11.3 Å². The third-order valence-corrected chi connectivity index (χ3v) is 6.92. The molecule has 1 aromatic heterocycles. The Morgan fingerprint density at radius 3 is 2.69 bits per heavy atom. The van der Waals surface area contributed by atoms with Gasteiger partial charge in [0.05, 0.1) is 16.8 Å². The van der Waals surface area contributed by atoms with Crippen LogP contribution in [0.1, 0.15) is 28.8 Å². The van der Waals surface area contributed by atoms with Crippen LogP contribution in [-0.2, 0) is 4.79 Å². The fourth-order valence-electron chi connectivity index (χ4n) is 2.92. The van der Waals surface area contributed by atoms with Gasteiger partial charge in [-0.3, -0.25) is 4.79 Å². The van der Waals surface area contributed by atoms with Gasteiger partial charge < -0.3 is 10.1 Å². The van der Waals surface area contributed by atoms with Crippen LogP contribution in [0.3, 0.4) is 0 Å². The van der Waals surface area contributed by atoms with Gasteiger partial charge in [-0.25, -0.2) is 4.98 Å². The molecule has 0 fully saturated rings. The number of anilines is 1. The van der Waals surface area contributed by atoms with Crippen LogP contribution in [0.5, 0.6) is 5.75 Å². The Bertz CT molecular complexity index is 1020. The van der Waals surface area contributed by atoms with Crippen LogP contribution in [0.2, 0.25) is 5.02 Å². The fourth-order valence-corrected chi connectivity index (χ4v) is 4.46. The van der Waals surface area contributed by atoms with Gasteiger partial charge in [-0.05, 0) is 60.3 Å². The lowest BCUT2D eigenvalue weighted by molar-refractivity contribution is -0.116. The molecule has 0 radical (unpaired) electrons. The van der Waals surface area contributed by atoms with E-state index in [0.717, 1.165) is 42.5 Å². The van der Waals surface area contributed by atoms with E-state index in [2.05, 4.69) is 26.2 Å². The Hall–Kier alpha value is -1.89. The number of carbonyl (C=O) groups excluding carboxylic acids is 1. The summed E-state index contributed by atoms with van der Waals surface area (Å²) in [6.07, 6.45) is 0.970. The molecular weight excluding hydrogens is 472 g/mol. The van der Waals surface area contributed by atoms with Crippen molar-refractivity contribution in [2.24, 2.45) is 0 Å². The van der Waals surface area contributed by atoms with Crippen molar-refractivity contribution in [3.8, 4) is 17.0 Å². The number of rotatable bonds is 7. The molecule has 0 atom stereocenters. The number of ether oxygens (including phenoxy) is 1. The van der Waals surface area contributed by atoms with Crippen LogP contribution in [0.4, 0.5) is 5.13 Å². The monoisotopic (exact) mass is 492 g/mol. The van der Waals surface area contributed by atoms with Crippen molar-refractivity contribution in [3.05, 3.63) is 61.9 Å². The zero-order chi connectivity index (χ0) is 21.0. The van der Waals surface area contributed by atoms with Gasteiger partial charge in [0, 0.05) is 21.9 Å². The minimum atomic E-state index is -0.0653. The Labute approximate surface area is 188 Å². The van der Waals surface area contributed by atoms with Gasteiger partial charge in [-0.1, -0.05) is 41.9 Å². The van der Waals surface area contributed by atoms with Crippen molar-refractivity contribution in [1.82, 2.24) is 4.98 Å². The summed E-state index contributed by atoms with van der Waals surface area (Å²) < 4.78 is 6.69. The molecule has 0 saturated carbocycles. The molecule has 7 heteroatoms. The molecule has 29 heavy (non-hydrogen) atoms. The molecule has 0 aliphatic heterocycles. The largest absolute Gasteiger partial charge is 0.492 e. The zero-order valence-corrected chi connectivity index (χ0v) is 19.7. The fraction of sp³-hybridized carbons (Fsp3) is 0.273. The number of nitrogens with one attached hydrogen (secondary N) is 1. The molecule has 0 saturated heterocycles. The van der Waals surface area contributed by atoms with Crippen LogP contribution in [-0.4, -0.2) is 17.5 Å². The van der Waals surface area contributed by atoms with Crippen LogP contribution >= 0.6 is 38.9 Å². The maximum atomic E-state index is 12.3. The highest BCUT2D eigenvalue weighted by Crippen LogP contribution is 2.36. The van der Waals surface area contributed by atoms with E-state index in [-0.39, 0.29) is 5.91 Å². The number of hydrogen-bond donors (Lipinski definition) is 1. The van der Waals surface area contributed by atoms with E-state index in [4.69, 9.17) is 16.3 Å². The van der Waals surface area contributed by atoms with Crippen LogP contribution < -0.4 is 10.1 Å². The van der Waals surface area contributed by atoms with E-state index < -0.39 is 0 Å². The van der Waals surface area contributed by atoms with E-state index in [9.17, 15) is 4.79 Å². The van der Waals surface area contributed by atoms with E-state index in [0.29, 0.717) is 24.6 Å². The molecule has 2 aromatic carbocycles. The van der Waals surface area contributed by atoms with Crippen molar-refractivity contribution >= 4 is 49.9 Å². The Balaban J connectivity index is 1.51. The summed E-state index contributed by atoms with van der Waals surface area (Å²) in [6, 6.07) is 11.9. The van der Waals surface area contributed by atoms with Gasteiger partial charge in [-0.15, -0.1) is 11.3 Å². The van der Waals surface area contributed by atoms with Gasteiger partial charge in [0.15, 0.2) is 5.13 Å². The second-order valence-electron chi connectivity index (χ2n) is 6.73. The summed E-state index contributed by atoms with van der Waals surface area (Å²) in [7, 11) is 0. The van der Waals surface area contributed by atoms with Crippen molar-refractivity contribution in [1.29, 1.82) is 0 Å². The van der Waals surface area contributed by atoms with Gasteiger partial charge in [-0.2, -0.15) is 0 Å². The number of thiazole rings is 1. The first-order chi connectivity index (χ1) is 13.9. The number of halogens is 2. The molecular formula is C22H22BrClN2O2S. The maximum Gasteiger partial charge on any atom is 0.226 e. The Morgan fingerprint density at radius 2 is 1.97 bits per heavy atom. The molecule has 4 nitrogen and oxygen atoms in total. The molecule has 0 unspecified atom stereocenters. The smallest absolute Gasteiger partial charge is 0.226 e. The van der Waals surface area contributed by atoms with E-state index in [1.807, 2.05) is 57.2 Å². The minimum Gasteiger partial charge on any atom is -0.492 e. The van der Waals surface area contributed by atoms with Gasteiger partial charge in [0.1, 0.15) is 5.75 Å². The normalized spacial score (nSPS) is 10.8. The molecule has 0 aliphatic rings. The lowest BCUT2D eigenvalue weighted by Gasteiger charge is -2.13. The van der Waals surface area contributed by atoms with Crippen LogP contribution in [0, 0.1) is 20.8 Å². The number of aryl methyl sites for hydroxylation is 2. The topological polar surface area (TPSA) is 51.2 Å². The average molecular weight is 494 g/mol. The first kappa shape index (κ1) is 21.8. The molecule has 0 bridgehead atoms. The second-order valence-corrected chi connectivity index (χ2v) is 9.11. The molecule has 3 aromatic rings. The van der Waals surface area contributed by atoms with E-state index >= 15 is 0 Å². The number of nitrogens with zero attached hydrogens (tertiary/aromatic N) is 1. The third kappa shape index (κ3) is 5.38. The molecule has 0 spiro atoms. The SMILES string of the molecule is Cc1cc(OCCCC(=O)Nc2nc(-c3ccccc3)c(C)s2)c(Br)c(C)c1Cl. The highest BCUT2D eigenvalue weighted by molar-refractivity contribution is 9.10. The predicted molar refractivity (Wildman–Crippen MR) is 124 cm³/mol. The van der Waals surface area contributed by atoms with Crippen molar-refractivity contribution in [2.75, 3.05) is 11.9 Å². The number of hydrogen-bond acceptors (Lipinski definition) is 4. The van der Waals surface area contributed by atoms with Crippen LogP contribution in [0.15, 0.2) is 40.9 Å². The quantitative estimate of drug-likeness (QED) is 0.362. The lowest BCUT2D eigenvalue weighted by atomic mass is 10.1. The third-order valence-electron chi connectivity index (χ3n) is 4.46. The van der Waals surface area contributed by atoms with E-state index in [1.165, 1.54) is 11.3 Å². The lowest BCUT2D eigenvalue weighted by Crippen LogP contribution is -2.12. The van der Waals surface area contributed by atoms with Crippen molar-refractivity contribution in [3.63, 3.8) is 0 Å². The highest BCUT2D eigenvalue weighted by atomic mass is 79.9. The number of aromatic nitrogens is 1. The summed E-state index contributed by atoms with van der Waals surface area (Å²) in [6.45, 7) is 6.34. The van der Waals surface area contributed by atoms with Gasteiger partial charge >= 0.3 is 0 Å². The van der Waals surface area contributed by atoms with Gasteiger partial charge in [0.25, 0.3) is 0 Å². The zero-order valence-electron chi connectivity index (χ0n) is 16.5. The maximum absolute atomic E-state index is 12.3. The van der Waals surface area contributed by atoms with E-state index in [1.54, 1.807) is 0 Å². The highest BCUT2D eigenvalue weighted by Gasteiger charge is 2.13. The Kier molecular flexibility index (Phi) is 7.33. The molecule has 1 N–H and O–H groups in total. The standard InChI is InChI=1S/C22H22BrClN2O2S/c1-13-12-17(19(23)14(2)20(13)24)28-11-7-10-18(27)25-22-26-21(15(3)29-22)16-8-5-4-6-9-16/h4-6,8-9,12H,7,10-11H2,1-3H3,(H,25,26,27). The minimum absolute atomic E-state index is 0.0653. The summed E-state index contributed by atoms with van der Waals surface area (Å²) in [5.74, 6) is 0.678. The first-order valence-corrected chi connectivity index (χ1v) is 11.3. The summed E-state index contributed by atoms with van der Waals surface area (Å²) in [5, 5.41) is 4.25. The molecule has 3 rings (SSSR count). The predicted octanol–water partition coefficient (Wildman–Crippen LogP) is 6.95. The first-order valence-electron chi connectivity index (χ1n) is 9.27. The summed E-state index contributed by atoms with van der Waals surface area (Å²) >= 11 is 11.3. The molecule has 1 amide bonds. The average Bonchev–Trinajstić information content (AvgIpc) is 3.07. The Morgan fingerprint density at radius 1 is 1.24 bits per heavy atom.